The lowest BCUT2D eigenvalue weighted by molar-refractivity contribution is 1.04. The first-order valence-electron chi connectivity index (χ1n) is 5.58. The van der Waals surface area contributed by atoms with Gasteiger partial charge in [-0.3, -0.25) is 4.98 Å². The van der Waals surface area contributed by atoms with Crippen LogP contribution in [0.1, 0.15) is 12.5 Å². The van der Waals surface area contributed by atoms with E-state index in [1.807, 2.05) is 31.3 Å². The van der Waals surface area contributed by atoms with Gasteiger partial charge in [-0.15, -0.1) is 0 Å². The van der Waals surface area contributed by atoms with Crippen LogP contribution in [0.5, 0.6) is 0 Å². The Labute approximate surface area is 100 Å². The Morgan fingerprint density at radius 3 is 2.88 bits per heavy atom. The monoisotopic (exact) mass is 229 g/mol. The fourth-order valence-electron chi connectivity index (χ4n) is 1.40. The van der Waals surface area contributed by atoms with Crippen molar-refractivity contribution in [3.05, 3.63) is 42.4 Å². The van der Waals surface area contributed by atoms with Crippen molar-refractivity contribution in [2.75, 3.05) is 17.2 Å². The van der Waals surface area contributed by atoms with Crippen LogP contribution in [0.3, 0.4) is 0 Å². The van der Waals surface area contributed by atoms with Gasteiger partial charge in [0, 0.05) is 31.7 Å². The third-order valence-electron chi connectivity index (χ3n) is 2.19. The van der Waals surface area contributed by atoms with Crippen molar-refractivity contribution in [2.45, 2.75) is 13.5 Å². The average molecular weight is 229 g/mol. The van der Waals surface area contributed by atoms with Gasteiger partial charge in [-0.25, -0.2) is 4.98 Å². The number of nitrogens with one attached hydrogen (secondary N) is 2. The van der Waals surface area contributed by atoms with Crippen molar-refractivity contribution < 1.29 is 0 Å². The molecule has 2 aromatic heterocycles. The number of pyridine rings is 1. The van der Waals surface area contributed by atoms with E-state index >= 15 is 0 Å². The van der Waals surface area contributed by atoms with E-state index in [1.165, 1.54) is 0 Å². The summed E-state index contributed by atoms with van der Waals surface area (Å²) in [7, 11) is 0. The maximum absolute atomic E-state index is 4.32. The zero-order valence-corrected chi connectivity index (χ0v) is 9.72. The van der Waals surface area contributed by atoms with E-state index in [2.05, 4.69) is 25.6 Å². The van der Waals surface area contributed by atoms with Crippen molar-refractivity contribution in [2.24, 2.45) is 0 Å². The Hall–Kier alpha value is -2.17. The van der Waals surface area contributed by atoms with Crippen molar-refractivity contribution in [3.8, 4) is 0 Å². The number of anilines is 2. The molecular formula is C12H15N5. The molecule has 2 heterocycles. The summed E-state index contributed by atoms with van der Waals surface area (Å²) in [5.74, 6) is 1.45. The predicted molar refractivity (Wildman–Crippen MR) is 67.8 cm³/mol. The maximum Gasteiger partial charge on any atom is 0.224 e. The zero-order chi connectivity index (χ0) is 11.9. The van der Waals surface area contributed by atoms with Gasteiger partial charge >= 0.3 is 0 Å². The molecule has 0 atom stereocenters. The molecule has 0 saturated heterocycles. The van der Waals surface area contributed by atoms with Crippen LogP contribution in [-0.4, -0.2) is 21.5 Å². The summed E-state index contributed by atoms with van der Waals surface area (Å²) >= 11 is 0. The van der Waals surface area contributed by atoms with E-state index < -0.39 is 0 Å². The number of nitrogens with zero attached hydrogens (tertiary/aromatic N) is 3. The van der Waals surface area contributed by atoms with Crippen LogP contribution in [0.25, 0.3) is 0 Å². The quantitative estimate of drug-likeness (QED) is 0.820. The van der Waals surface area contributed by atoms with Gasteiger partial charge in [0.2, 0.25) is 5.95 Å². The highest BCUT2D eigenvalue weighted by Crippen LogP contribution is 2.07. The molecule has 5 heteroatoms. The van der Waals surface area contributed by atoms with E-state index in [0.717, 1.165) is 17.9 Å². The van der Waals surface area contributed by atoms with Gasteiger partial charge in [0.25, 0.3) is 0 Å². The van der Waals surface area contributed by atoms with Crippen LogP contribution >= 0.6 is 0 Å². The molecule has 0 fully saturated rings. The first-order valence-corrected chi connectivity index (χ1v) is 5.58. The summed E-state index contributed by atoms with van der Waals surface area (Å²) in [6, 6.07) is 5.78. The molecule has 0 unspecified atom stereocenters. The number of aromatic nitrogens is 3. The molecule has 5 nitrogen and oxygen atoms in total. The fourth-order valence-corrected chi connectivity index (χ4v) is 1.40. The summed E-state index contributed by atoms with van der Waals surface area (Å²) in [6.07, 6.45) is 5.33. The smallest absolute Gasteiger partial charge is 0.224 e. The van der Waals surface area contributed by atoms with Crippen molar-refractivity contribution in [3.63, 3.8) is 0 Å². The second-order valence-corrected chi connectivity index (χ2v) is 3.51. The SMILES string of the molecule is CCNc1nccc(NCc2cccnc2)n1. The van der Waals surface area contributed by atoms with E-state index in [9.17, 15) is 0 Å². The van der Waals surface area contributed by atoms with Crippen LogP contribution < -0.4 is 10.6 Å². The number of rotatable bonds is 5. The lowest BCUT2D eigenvalue weighted by Gasteiger charge is -2.07. The predicted octanol–water partition coefficient (Wildman–Crippen LogP) is 1.92. The summed E-state index contributed by atoms with van der Waals surface area (Å²) in [5, 5.41) is 6.30. The van der Waals surface area contributed by atoms with Gasteiger partial charge in [-0.1, -0.05) is 6.07 Å². The molecule has 0 spiro atoms. The fraction of sp³-hybridized carbons (Fsp3) is 0.250. The normalized spacial score (nSPS) is 9.94. The minimum absolute atomic E-state index is 0.642. The zero-order valence-electron chi connectivity index (χ0n) is 9.72. The Morgan fingerprint density at radius 2 is 2.12 bits per heavy atom. The van der Waals surface area contributed by atoms with Gasteiger partial charge < -0.3 is 10.6 Å². The van der Waals surface area contributed by atoms with Crippen LogP contribution in [0, 0.1) is 0 Å². The highest BCUT2D eigenvalue weighted by atomic mass is 15.1. The molecule has 2 N–H and O–H groups in total. The first kappa shape index (κ1) is 11.3. The standard InChI is InChI=1S/C12H15N5/c1-2-14-12-15-7-5-11(17-12)16-9-10-4-3-6-13-8-10/h3-8H,2,9H2,1H3,(H2,14,15,16,17). The van der Waals surface area contributed by atoms with Crippen molar-refractivity contribution in [1.29, 1.82) is 0 Å². The summed E-state index contributed by atoms with van der Waals surface area (Å²) in [4.78, 5) is 12.5. The maximum atomic E-state index is 4.32. The van der Waals surface area contributed by atoms with Crippen LogP contribution in [0.15, 0.2) is 36.8 Å². The highest BCUT2D eigenvalue weighted by Gasteiger charge is 1.97. The van der Waals surface area contributed by atoms with E-state index in [1.54, 1.807) is 12.4 Å². The molecule has 17 heavy (non-hydrogen) atoms. The Kier molecular flexibility index (Phi) is 3.85. The van der Waals surface area contributed by atoms with Gasteiger partial charge in [0.15, 0.2) is 0 Å². The second-order valence-electron chi connectivity index (χ2n) is 3.51. The largest absolute Gasteiger partial charge is 0.366 e. The number of hydrogen-bond acceptors (Lipinski definition) is 5. The van der Waals surface area contributed by atoms with E-state index in [0.29, 0.717) is 12.5 Å². The third-order valence-corrected chi connectivity index (χ3v) is 2.19. The first-order chi connectivity index (χ1) is 8.38. The lowest BCUT2D eigenvalue weighted by Crippen LogP contribution is -2.06. The van der Waals surface area contributed by atoms with Gasteiger partial charge in [0.05, 0.1) is 0 Å². The molecule has 88 valence electrons. The molecule has 2 rings (SSSR count). The van der Waals surface area contributed by atoms with Gasteiger partial charge in [0.1, 0.15) is 5.82 Å². The van der Waals surface area contributed by atoms with Gasteiger partial charge in [-0.2, -0.15) is 4.98 Å². The summed E-state index contributed by atoms with van der Waals surface area (Å²) < 4.78 is 0. The Bertz CT molecular complexity index is 457. The molecule has 0 aromatic carbocycles. The number of hydrogen-bond donors (Lipinski definition) is 2. The molecule has 2 aromatic rings. The molecule has 0 aliphatic carbocycles. The molecular weight excluding hydrogens is 214 g/mol. The Balaban J connectivity index is 1.97. The molecule has 0 aliphatic heterocycles. The van der Waals surface area contributed by atoms with Gasteiger partial charge in [-0.05, 0) is 24.6 Å². The molecule has 0 amide bonds. The molecule has 0 bridgehead atoms. The van der Waals surface area contributed by atoms with E-state index in [-0.39, 0.29) is 0 Å². The molecule has 0 saturated carbocycles. The van der Waals surface area contributed by atoms with Crippen LogP contribution in [-0.2, 0) is 6.54 Å². The topological polar surface area (TPSA) is 62.7 Å². The lowest BCUT2D eigenvalue weighted by atomic mass is 10.3. The highest BCUT2D eigenvalue weighted by molar-refractivity contribution is 5.39. The second kappa shape index (κ2) is 5.79. The van der Waals surface area contributed by atoms with Crippen LogP contribution in [0.2, 0.25) is 0 Å². The summed E-state index contributed by atoms with van der Waals surface area (Å²) in [6.45, 7) is 3.53. The molecule has 0 aliphatic rings. The van der Waals surface area contributed by atoms with Crippen molar-refractivity contribution in [1.82, 2.24) is 15.0 Å². The third kappa shape index (κ3) is 3.41. The van der Waals surface area contributed by atoms with Crippen molar-refractivity contribution >= 4 is 11.8 Å². The minimum atomic E-state index is 0.642. The average Bonchev–Trinajstić information content (AvgIpc) is 2.39. The summed E-state index contributed by atoms with van der Waals surface area (Å²) in [5.41, 5.74) is 1.12. The Morgan fingerprint density at radius 1 is 1.18 bits per heavy atom. The minimum Gasteiger partial charge on any atom is -0.366 e. The van der Waals surface area contributed by atoms with Crippen LogP contribution in [0.4, 0.5) is 11.8 Å². The van der Waals surface area contributed by atoms with E-state index in [4.69, 9.17) is 0 Å². The molecule has 0 radical (unpaired) electrons.